The molecule has 0 N–H and O–H groups in total. The van der Waals surface area contributed by atoms with E-state index < -0.39 is 0 Å². The number of carbonyl (C=O) groups is 1. The first-order chi connectivity index (χ1) is 17.5. The van der Waals surface area contributed by atoms with Gasteiger partial charge in [-0.1, -0.05) is 42.5 Å². The Kier molecular flexibility index (Phi) is 5.40. The summed E-state index contributed by atoms with van der Waals surface area (Å²) in [6, 6.07) is 24.0. The number of benzene rings is 3. The molecule has 1 atom stereocenters. The average Bonchev–Trinajstić information content (AvgIpc) is 3.29. The molecule has 1 fully saturated rings. The van der Waals surface area contributed by atoms with Gasteiger partial charge in [-0.25, -0.2) is 4.98 Å². The minimum atomic E-state index is -0.0125. The number of hydrogen-bond acceptors (Lipinski definition) is 6. The summed E-state index contributed by atoms with van der Waals surface area (Å²) in [7, 11) is 0. The van der Waals surface area contributed by atoms with Crippen molar-refractivity contribution >= 4 is 34.0 Å². The molecule has 0 saturated carbocycles. The number of ketones is 1. The summed E-state index contributed by atoms with van der Waals surface area (Å²) < 4.78 is 2.02. The van der Waals surface area contributed by atoms with Crippen LogP contribution >= 0.6 is 0 Å². The highest BCUT2D eigenvalue weighted by atomic mass is 16.1. The lowest BCUT2D eigenvalue weighted by Gasteiger charge is -2.41. The number of anilines is 2. The van der Waals surface area contributed by atoms with E-state index in [2.05, 4.69) is 58.1 Å². The molecule has 36 heavy (non-hydrogen) atoms. The highest BCUT2D eigenvalue weighted by Crippen LogP contribution is 2.29. The molecule has 1 saturated heterocycles. The molecule has 0 spiro atoms. The average molecular weight is 477 g/mol. The zero-order chi connectivity index (χ0) is 24.8. The molecule has 0 bridgehead atoms. The lowest BCUT2D eigenvalue weighted by Crippen LogP contribution is -2.52. The summed E-state index contributed by atoms with van der Waals surface area (Å²) in [4.78, 5) is 22.9. The third kappa shape index (κ3) is 3.77. The Morgan fingerprint density at radius 1 is 0.889 bits per heavy atom. The smallest absolute Gasteiger partial charge is 0.204 e. The van der Waals surface area contributed by atoms with Crippen LogP contribution in [0.15, 0.2) is 72.8 Å². The number of rotatable bonds is 4. The van der Waals surface area contributed by atoms with E-state index in [1.54, 1.807) is 0 Å². The molecule has 1 unspecified atom stereocenters. The maximum Gasteiger partial charge on any atom is 0.204 e. The van der Waals surface area contributed by atoms with E-state index in [9.17, 15) is 4.79 Å². The van der Waals surface area contributed by atoms with Crippen LogP contribution in [0.3, 0.4) is 0 Å². The largest absolute Gasteiger partial charge is 0.365 e. The number of nitrogens with zero attached hydrogens (tertiary/aromatic N) is 6. The molecule has 7 nitrogen and oxygen atoms in total. The predicted octanol–water partition coefficient (Wildman–Crippen LogP) is 4.84. The van der Waals surface area contributed by atoms with E-state index >= 15 is 0 Å². The fraction of sp³-hybridized carbons (Fsp3) is 0.241. The lowest BCUT2D eigenvalue weighted by molar-refractivity contribution is 0.103. The Bertz CT molecular complexity index is 1590. The molecule has 1 aliphatic heterocycles. The summed E-state index contributed by atoms with van der Waals surface area (Å²) in [6.07, 6.45) is 0. The molecular weight excluding hydrogens is 448 g/mol. The predicted molar refractivity (Wildman–Crippen MR) is 143 cm³/mol. The van der Waals surface area contributed by atoms with Crippen LogP contribution in [-0.2, 0) is 0 Å². The zero-order valence-corrected chi connectivity index (χ0v) is 20.7. The number of hydrogen-bond donors (Lipinski definition) is 0. The molecule has 5 aromatic rings. The first kappa shape index (κ1) is 22.2. The summed E-state index contributed by atoms with van der Waals surface area (Å²) in [6.45, 7) is 8.89. The first-order valence-electron chi connectivity index (χ1n) is 12.3. The number of aryl methyl sites for hydroxylation is 2. The second kappa shape index (κ2) is 8.75. The van der Waals surface area contributed by atoms with E-state index in [0.717, 1.165) is 48.0 Å². The number of piperazine rings is 1. The third-order valence-corrected chi connectivity index (χ3v) is 7.03. The Morgan fingerprint density at radius 2 is 1.72 bits per heavy atom. The van der Waals surface area contributed by atoms with Gasteiger partial charge in [0, 0.05) is 42.5 Å². The summed E-state index contributed by atoms with van der Waals surface area (Å²) >= 11 is 0. The van der Waals surface area contributed by atoms with E-state index in [0.29, 0.717) is 17.2 Å². The van der Waals surface area contributed by atoms with Crippen molar-refractivity contribution in [3.05, 3.63) is 95.3 Å². The van der Waals surface area contributed by atoms with Crippen molar-refractivity contribution in [1.29, 1.82) is 0 Å². The first-order valence-corrected chi connectivity index (χ1v) is 12.3. The van der Waals surface area contributed by atoms with Crippen LogP contribution in [0.5, 0.6) is 0 Å². The molecule has 0 amide bonds. The number of aromatic nitrogens is 4. The van der Waals surface area contributed by atoms with Crippen molar-refractivity contribution in [2.24, 2.45) is 0 Å². The monoisotopic (exact) mass is 476 g/mol. The minimum Gasteiger partial charge on any atom is -0.365 e. The standard InChI is InChI=1S/C29H28N6O/c1-19-8-7-11-24(16-19)34-15-14-33(18-20(34)2)28-29-32-31-21(3)35(29)26-17-23(12-13-25(26)30-28)27(36)22-9-5-4-6-10-22/h4-13,16-17,20H,14-15,18H2,1-3H3. The van der Waals surface area contributed by atoms with Gasteiger partial charge in [-0.15, -0.1) is 10.2 Å². The lowest BCUT2D eigenvalue weighted by atomic mass is 10.0. The van der Waals surface area contributed by atoms with Crippen molar-refractivity contribution in [1.82, 2.24) is 19.6 Å². The van der Waals surface area contributed by atoms with Crippen LogP contribution in [0.25, 0.3) is 16.7 Å². The van der Waals surface area contributed by atoms with Gasteiger partial charge in [0.25, 0.3) is 0 Å². The Balaban J connectivity index is 1.38. The third-order valence-electron chi connectivity index (χ3n) is 7.03. The topological polar surface area (TPSA) is 66.6 Å². The van der Waals surface area contributed by atoms with Gasteiger partial charge >= 0.3 is 0 Å². The van der Waals surface area contributed by atoms with Gasteiger partial charge in [0.15, 0.2) is 11.6 Å². The van der Waals surface area contributed by atoms with Crippen LogP contribution in [-0.4, -0.2) is 51.0 Å². The van der Waals surface area contributed by atoms with Crippen LogP contribution < -0.4 is 9.80 Å². The molecule has 6 rings (SSSR count). The van der Waals surface area contributed by atoms with Crippen LogP contribution in [0.4, 0.5) is 11.5 Å². The highest BCUT2D eigenvalue weighted by Gasteiger charge is 2.28. The molecule has 7 heteroatoms. The molecule has 3 heterocycles. The fourth-order valence-electron chi connectivity index (χ4n) is 5.21. The Morgan fingerprint density at radius 3 is 2.50 bits per heavy atom. The van der Waals surface area contributed by atoms with E-state index in [1.165, 1.54) is 11.3 Å². The van der Waals surface area contributed by atoms with Crippen molar-refractivity contribution in [2.75, 3.05) is 29.4 Å². The Hall–Kier alpha value is -4.26. The molecule has 3 aromatic carbocycles. The maximum absolute atomic E-state index is 13.1. The van der Waals surface area contributed by atoms with E-state index in [-0.39, 0.29) is 5.78 Å². The fourth-order valence-corrected chi connectivity index (χ4v) is 5.21. The van der Waals surface area contributed by atoms with E-state index in [1.807, 2.05) is 59.9 Å². The van der Waals surface area contributed by atoms with Gasteiger partial charge in [-0.3, -0.25) is 9.20 Å². The maximum atomic E-state index is 13.1. The zero-order valence-electron chi connectivity index (χ0n) is 20.7. The normalized spacial score (nSPS) is 16.1. The highest BCUT2D eigenvalue weighted by molar-refractivity contribution is 6.10. The quantitative estimate of drug-likeness (QED) is 0.346. The van der Waals surface area contributed by atoms with Gasteiger partial charge in [0.05, 0.1) is 11.0 Å². The molecule has 180 valence electrons. The van der Waals surface area contributed by atoms with E-state index in [4.69, 9.17) is 4.98 Å². The Labute approximate surface area is 210 Å². The second-order valence-corrected chi connectivity index (χ2v) is 9.57. The van der Waals surface area contributed by atoms with Crippen molar-refractivity contribution in [3.63, 3.8) is 0 Å². The molecule has 0 aliphatic carbocycles. The van der Waals surface area contributed by atoms with Crippen LogP contribution in [0.2, 0.25) is 0 Å². The molecule has 0 radical (unpaired) electrons. The SMILES string of the molecule is Cc1cccc(N2CCN(c3nc4ccc(C(=O)c5ccccc5)cc4n4c(C)nnc34)CC2C)c1. The molecule has 1 aliphatic rings. The van der Waals surface area contributed by atoms with Crippen LogP contribution in [0.1, 0.15) is 34.2 Å². The van der Waals surface area contributed by atoms with Gasteiger partial charge in [0.2, 0.25) is 5.65 Å². The summed E-state index contributed by atoms with van der Waals surface area (Å²) in [5, 5.41) is 8.88. The van der Waals surface area contributed by atoms with Crippen molar-refractivity contribution in [3.8, 4) is 0 Å². The molecule has 2 aromatic heterocycles. The second-order valence-electron chi connectivity index (χ2n) is 9.57. The number of carbonyl (C=O) groups excluding carboxylic acids is 1. The summed E-state index contributed by atoms with van der Waals surface area (Å²) in [5.41, 5.74) is 6.19. The van der Waals surface area contributed by atoms with Gasteiger partial charge in [0.1, 0.15) is 5.82 Å². The van der Waals surface area contributed by atoms with Gasteiger partial charge < -0.3 is 9.80 Å². The van der Waals surface area contributed by atoms with Gasteiger partial charge in [-0.2, -0.15) is 0 Å². The van der Waals surface area contributed by atoms with Crippen molar-refractivity contribution in [2.45, 2.75) is 26.8 Å². The molecular formula is C29H28N6O. The van der Waals surface area contributed by atoms with Crippen LogP contribution in [0, 0.1) is 13.8 Å². The summed E-state index contributed by atoms with van der Waals surface area (Å²) in [5.74, 6) is 1.59. The minimum absolute atomic E-state index is 0.0125. The van der Waals surface area contributed by atoms with Crippen molar-refractivity contribution < 1.29 is 4.79 Å². The van der Waals surface area contributed by atoms with Gasteiger partial charge in [-0.05, 0) is 56.7 Å². The number of fused-ring (bicyclic) bond motifs is 3.